The van der Waals surface area contributed by atoms with Crippen molar-refractivity contribution >= 4 is 17.9 Å². The van der Waals surface area contributed by atoms with E-state index in [9.17, 15) is 14.4 Å². The van der Waals surface area contributed by atoms with Crippen LogP contribution in [0.2, 0.25) is 0 Å². The first-order valence-electron chi connectivity index (χ1n) is 33.4. The average Bonchev–Trinajstić information content (AvgIpc) is 3.43. The van der Waals surface area contributed by atoms with Crippen molar-refractivity contribution in [3.05, 3.63) is 72.9 Å². The lowest BCUT2D eigenvalue weighted by atomic mass is 10.0. The first-order valence-corrected chi connectivity index (χ1v) is 33.4. The van der Waals surface area contributed by atoms with Gasteiger partial charge >= 0.3 is 17.9 Å². The van der Waals surface area contributed by atoms with Crippen molar-refractivity contribution in [2.24, 2.45) is 0 Å². The third-order valence-corrected chi connectivity index (χ3v) is 14.6. The van der Waals surface area contributed by atoms with E-state index in [4.69, 9.17) is 14.2 Å². The van der Waals surface area contributed by atoms with E-state index in [1.165, 1.54) is 193 Å². The predicted octanol–water partition coefficient (Wildman–Crippen LogP) is 22.9. The topological polar surface area (TPSA) is 78.9 Å². The molecule has 1 atom stereocenters. The number of unbranched alkanes of at least 4 members (excludes halogenated alkanes) is 38. The highest BCUT2D eigenvalue weighted by molar-refractivity contribution is 5.71. The molecule has 6 nitrogen and oxygen atoms in total. The van der Waals surface area contributed by atoms with Crippen molar-refractivity contribution < 1.29 is 28.6 Å². The smallest absolute Gasteiger partial charge is 0.306 e. The van der Waals surface area contributed by atoms with Crippen LogP contribution < -0.4 is 0 Å². The third-order valence-electron chi connectivity index (χ3n) is 14.6. The number of rotatable bonds is 61. The highest BCUT2D eigenvalue weighted by atomic mass is 16.6. The number of allylic oxidation sites excluding steroid dienone is 12. The first kappa shape index (κ1) is 73.8. The summed E-state index contributed by atoms with van der Waals surface area (Å²) in [4.78, 5) is 38.2. The van der Waals surface area contributed by atoms with Crippen molar-refractivity contribution in [3.8, 4) is 0 Å². The van der Waals surface area contributed by atoms with Crippen molar-refractivity contribution in [3.63, 3.8) is 0 Å². The minimum Gasteiger partial charge on any atom is -0.462 e. The standard InChI is InChI=1S/C71H126O6/c1-4-7-10-13-16-19-22-25-26-27-28-29-30-31-32-33-34-35-36-37-38-39-40-41-42-43-44-47-49-52-55-58-61-64-70(73)76-67-68(77-71(74)65-62-59-56-53-50-46-24-21-18-15-12-9-6-3)66-75-69(72)63-60-57-54-51-48-45-23-20-17-14-11-8-5-2/h12,15,20-25,27-28,30-31,68H,4-11,13-14,16-19,26,29,32-67H2,1-3H3/b15-12-,23-20-,24-21-,25-22-,28-27-,31-30-. The Morgan fingerprint density at radius 2 is 0.494 bits per heavy atom. The van der Waals surface area contributed by atoms with Crippen LogP contribution in [0.3, 0.4) is 0 Å². The zero-order valence-electron chi connectivity index (χ0n) is 51.2. The number of carbonyl (C=O) groups excluding carboxylic acids is 3. The molecule has 0 heterocycles. The fourth-order valence-electron chi connectivity index (χ4n) is 9.60. The van der Waals surface area contributed by atoms with Crippen LogP contribution in [0.5, 0.6) is 0 Å². The molecule has 0 aromatic carbocycles. The number of hydrogen-bond acceptors (Lipinski definition) is 6. The Morgan fingerprint density at radius 3 is 0.805 bits per heavy atom. The van der Waals surface area contributed by atoms with Gasteiger partial charge in [0, 0.05) is 19.3 Å². The monoisotopic (exact) mass is 1070 g/mol. The lowest BCUT2D eigenvalue weighted by Gasteiger charge is -2.18. The van der Waals surface area contributed by atoms with E-state index >= 15 is 0 Å². The molecule has 0 fully saturated rings. The quantitative estimate of drug-likeness (QED) is 0.0261. The normalized spacial score (nSPS) is 12.5. The van der Waals surface area contributed by atoms with Gasteiger partial charge in [0.25, 0.3) is 0 Å². The predicted molar refractivity (Wildman–Crippen MR) is 335 cm³/mol. The Hall–Kier alpha value is -3.15. The van der Waals surface area contributed by atoms with E-state index in [-0.39, 0.29) is 31.1 Å². The van der Waals surface area contributed by atoms with E-state index < -0.39 is 6.10 Å². The molecule has 0 aliphatic heterocycles. The molecule has 0 rings (SSSR count). The van der Waals surface area contributed by atoms with Crippen LogP contribution in [0.1, 0.15) is 342 Å². The average molecular weight is 1080 g/mol. The van der Waals surface area contributed by atoms with Crippen LogP contribution >= 0.6 is 0 Å². The molecular weight excluding hydrogens is 949 g/mol. The summed E-state index contributed by atoms with van der Waals surface area (Å²) >= 11 is 0. The van der Waals surface area contributed by atoms with Crippen molar-refractivity contribution in [2.45, 2.75) is 348 Å². The lowest BCUT2D eigenvalue weighted by molar-refractivity contribution is -0.167. The van der Waals surface area contributed by atoms with Gasteiger partial charge in [-0.1, -0.05) is 286 Å². The van der Waals surface area contributed by atoms with Crippen molar-refractivity contribution in [1.29, 1.82) is 0 Å². The minimum absolute atomic E-state index is 0.0808. The summed E-state index contributed by atoms with van der Waals surface area (Å²) in [5, 5.41) is 0. The Balaban J connectivity index is 4.10. The number of ether oxygens (including phenoxy) is 3. The molecule has 0 saturated carbocycles. The summed E-state index contributed by atoms with van der Waals surface area (Å²) in [5.74, 6) is -0.891. The second-order valence-corrected chi connectivity index (χ2v) is 22.4. The Labute approximate surface area is 478 Å². The fraction of sp³-hybridized carbons (Fsp3) is 0.789. The highest BCUT2D eigenvalue weighted by Crippen LogP contribution is 2.17. The number of hydrogen-bond donors (Lipinski definition) is 0. The summed E-state index contributed by atoms with van der Waals surface area (Å²) in [6.45, 7) is 6.56. The van der Waals surface area contributed by atoms with Crippen LogP contribution in [-0.4, -0.2) is 37.2 Å². The Kier molecular flexibility index (Phi) is 62.7. The second-order valence-electron chi connectivity index (χ2n) is 22.4. The molecule has 0 aromatic rings. The SMILES string of the molecule is CCC/C=C\C/C=C\CCCCCCCC(=O)OC(COC(=O)CCCCCCC/C=C\CCCCCC)COC(=O)CCCCCCCCCCCCCCCCCCCC/C=C\C/C=C\C/C=C\CCCCCCC. The van der Waals surface area contributed by atoms with Crippen LogP contribution in [0.15, 0.2) is 72.9 Å². The van der Waals surface area contributed by atoms with Crippen LogP contribution in [0.25, 0.3) is 0 Å². The maximum Gasteiger partial charge on any atom is 0.306 e. The molecule has 1 unspecified atom stereocenters. The molecule has 0 radical (unpaired) electrons. The Bertz CT molecular complexity index is 1420. The van der Waals surface area contributed by atoms with E-state index in [1.54, 1.807) is 0 Å². The molecule has 6 heteroatoms. The molecule has 446 valence electrons. The highest BCUT2D eigenvalue weighted by Gasteiger charge is 2.19. The molecule has 0 aromatic heterocycles. The largest absolute Gasteiger partial charge is 0.462 e. The van der Waals surface area contributed by atoms with Gasteiger partial charge in [-0.15, -0.1) is 0 Å². The van der Waals surface area contributed by atoms with Crippen LogP contribution in [0, 0.1) is 0 Å². The fourth-order valence-corrected chi connectivity index (χ4v) is 9.60. The second kappa shape index (κ2) is 65.4. The van der Waals surface area contributed by atoms with Gasteiger partial charge in [0.2, 0.25) is 0 Å². The van der Waals surface area contributed by atoms with Gasteiger partial charge in [-0.05, 0) is 109 Å². The molecule has 0 saturated heterocycles. The first-order chi connectivity index (χ1) is 38.0. The molecule has 77 heavy (non-hydrogen) atoms. The summed E-state index contributed by atoms with van der Waals surface area (Å²) in [5.41, 5.74) is 0. The van der Waals surface area contributed by atoms with Gasteiger partial charge in [-0.3, -0.25) is 14.4 Å². The van der Waals surface area contributed by atoms with Crippen LogP contribution in [-0.2, 0) is 28.6 Å². The zero-order valence-corrected chi connectivity index (χ0v) is 51.2. The summed E-state index contributed by atoms with van der Waals surface area (Å²) in [7, 11) is 0. The van der Waals surface area contributed by atoms with Gasteiger partial charge < -0.3 is 14.2 Å². The Morgan fingerprint density at radius 1 is 0.260 bits per heavy atom. The molecule has 0 aliphatic carbocycles. The molecule has 0 aliphatic rings. The van der Waals surface area contributed by atoms with E-state index in [0.29, 0.717) is 19.3 Å². The maximum atomic E-state index is 12.9. The van der Waals surface area contributed by atoms with Crippen LogP contribution in [0.4, 0.5) is 0 Å². The number of carbonyl (C=O) groups is 3. The zero-order chi connectivity index (χ0) is 55.7. The molecule has 0 N–H and O–H groups in total. The number of esters is 3. The van der Waals surface area contributed by atoms with Gasteiger partial charge in [0.05, 0.1) is 0 Å². The third kappa shape index (κ3) is 63.6. The molecule has 0 bridgehead atoms. The summed E-state index contributed by atoms with van der Waals surface area (Å²) < 4.78 is 16.9. The van der Waals surface area contributed by atoms with Crippen molar-refractivity contribution in [2.75, 3.05) is 13.2 Å². The van der Waals surface area contributed by atoms with Gasteiger partial charge in [0.1, 0.15) is 13.2 Å². The van der Waals surface area contributed by atoms with E-state index in [0.717, 1.165) is 109 Å². The van der Waals surface area contributed by atoms with Crippen molar-refractivity contribution in [1.82, 2.24) is 0 Å². The van der Waals surface area contributed by atoms with E-state index in [1.807, 2.05) is 0 Å². The molecule has 0 amide bonds. The van der Waals surface area contributed by atoms with Gasteiger partial charge in [0.15, 0.2) is 6.10 Å². The minimum atomic E-state index is -0.785. The molecule has 0 spiro atoms. The van der Waals surface area contributed by atoms with Gasteiger partial charge in [-0.2, -0.15) is 0 Å². The van der Waals surface area contributed by atoms with Gasteiger partial charge in [-0.25, -0.2) is 0 Å². The maximum absolute atomic E-state index is 12.9. The summed E-state index contributed by atoms with van der Waals surface area (Å²) in [6.07, 6.45) is 85.1. The lowest BCUT2D eigenvalue weighted by Crippen LogP contribution is -2.30. The molecular formula is C71H126O6. The summed E-state index contributed by atoms with van der Waals surface area (Å²) in [6, 6.07) is 0. The van der Waals surface area contributed by atoms with E-state index in [2.05, 4.69) is 93.7 Å².